The third-order valence-electron chi connectivity index (χ3n) is 7.85. The van der Waals surface area contributed by atoms with Gasteiger partial charge in [-0.3, -0.25) is 4.79 Å². The molecule has 2 fully saturated rings. The first kappa shape index (κ1) is 23.3. The summed E-state index contributed by atoms with van der Waals surface area (Å²) >= 11 is 0. The van der Waals surface area contributed by atoms with E-state index in [-0.39, 0.29) is 17.9 Å². The van der Waals surface area contributed by atoms with Gasteiger partial charge in [0.15, 0.2) is 0 Å². The van der Waals surface area contributed by atoms with Crippen LogP contribution in [0.5, 0.6) is 0 Å². The van der Waals surface area contributed by atoms with Gasteiger partial charge in [0.05, 0.1) is 12.2 Å². The summed E-state index contributed by atoms with van der Waals surface area (Å²) in [6.07, 6.45) is 21.5. The van der Waals surface area contributed by atoms with Gasteiger partial charge in [0.25, 0.3) is 5.91 Å². The highest BCUT2D eigenvalue weighted by molar-refractivity contribution is 5.96. The zero-order valence-corrected chi connectivity index (χ0v) is 19.7. The molecule has 0 aromatic heterocycles. The highest BCUT2D eigenvalue weighted by Gasteiger charge is 2.35. The van der Waals surface area contributed by atoms with Crippen molar-refractivity contribution in [3.05, 3.63) is 52.5 Å². The molecule has 4 aliphatic rings. The normalized spacial score (nSPS) is 28.0. The molecular formula is C27H39N2O3-. The van der Waals surface area contributed by atoms with Crippen molar-refractivity contribution in [1.82, 2.24) is 4.90 Å². The van der Waals surface area contributed by atoms with Crippen LogP contribution in [0.3, 0.4) is 0 Å². The zero-order valence-electron chi connectivity index (χ0n) is 19.7. The molecule has 4 aliphatic carbocycles. The van der Waals surface area contributed by atoms with Gasteiger partial charge in [0.2, 0.25) is 0 Å². The Bertz CT molecular complexity index is 785. The van der Waals surface area contributed by atoms with Gasteiger partial charge < -0.3 is 20.1 Å². The Morgan fingerprint density at radius 2 is 1.75 bits per heavy atom. The summed E-state index contributed by atoms with van der Waals surface area (Å²) in [6.45, 7) is 0. The molecule has 0 aliphatic heterocycles. The van der Waals surface area contributed by atoms with Gasteiger partial charge in [-0.1, -0.05) is 62.5 Å². The second-order valence-corrected chi connectivity index (χ2v) is 9.79. The topological polar surface area (TPSA) is 63.9 Å². The zero-order chi connectivity index (χ0) is 22.5. The minimum atomic E-state index is -0.573. The summed E-state index contributed by atoms with van der Waals surface area (Å²) in [5, 5.41) is 15.3. The van der Waals surface area contributed by atoms with Crippen molar-refractivity contribution in [3.8, 4) is 0 Å². The Balaban J connectivity index is 1.43. The molecule has 1 amide bonds. The minimum Gasteiger partial charge on any atom is -0.688 e. The molecule has 1 N–H and O–H groups in total. The van der Waals surface area contributed by atoms with E-state index in [1.54, 1.807) is 14.2 Å². The predicted octanol–water partition coefficient (Wildman–Crippen LogP) is 5.19. The fourth-order valence-corrected chi connectivity index (χ4v) is 5.95. The van der Waals surface area contributed by atoms with Crippen molar-refractivity contribution < 1.29 is 14.6 Å². The summed E-state index contributed by atoms with van der Waals surface area (Å²) in [4.78, 5) is 15.9. The van der Waals surface area contributed by atoms with Crippen LogP contribution in [0.15, 0.2) is 47.2 Å². The van der Waals surface area contributed by atoms with Crippen molar-refractivity contribution in [1.29, 1.82) is 0 Å². The maximum atomic E-state index is 13.6. The number of hydrogen-bond donors (Lipinski definition) is 1. The lowest BCUT2D eigenvalue weighted by Crippen LogP contribution is -2.47. The number of likely N-dealkylation sites (N-methyl/N-ethyl adjacent to an activating group) is 1. The summed E-state index contributed by atoms with van der Waals surface area (Å²) in [5.41, 5.74) is 2.69. The summed E-state index contributed by atoms with van der Waals surface area (Å²) < 4.78 is 5.55. The van der Waals surface area contributed by atoms with Crippen LogP contribution in [0, 0.1) is 5.92 Å². The first-order valence-electron chi connectivity index (χ1n) is 12.5. The fourth-order valence-electron chi connectivity index (χ4n) is 5.95. The SMILES string of the molecule is C[N-]C1=CC=C(C(O)C2C=CC(C(=O)N(C3CCCCC3)C3CCCC3)=CC2)CC1OC. The van der Waals surface area contributed by atoms with Crippen LogP contribution >= 0.6 is 0 Å². The summed E-state index contributed by atoms with van der Waals surface area (Å²) in [5.74, 6) is 0.194. The van der Waals surface area contributed by atoms with Crippen molar-refractivity contribution in [2.24, 2.45) is 5.92 Å². The number of hydrogen-bond acceptors (Lipinski definition) is 3. The maximum absolute atomic E-state index is 13.6. The van der Waals surface area contributed by atoms with Crippen LogP contribution < -0.4 is 0 Å². The van der Waals surface area contributed by atoms with Crippen LogP contribution in [0.1, 0.15) is 70.6 Å². The second-order valence-electron chi connectivity index (χ2n) is 9.79. The highest BCUT2D eigenvalue weighted by atomic mass is 16.5. The van der Waals surface area contributed by atoms with E-state index in [1.807, 2.05) is 24.3 Å². The van der Waals surface area contributed by atoms with Crippen molar-refractivity contribution in [2.45, 2.75) is 94.9 Å². The number of carbonyl (C=O) groups excluding carboxylic acids is 1. The number of allylic oxidation sites excluding steroid dienone is 3. The Kier molecular flexibility index (Phi) is 7.90. The van der Waals surface area contributed by atoms with Crippen LogP contribution in [0.2, 0.25) is 0 Å². The third-order valence-corrected chi connectivity index (χ3v) is 7.85. The van der Waals surface area contributed by atoms with Crippen LogP contribution in [-0.2, 0) is 9.53 Å². The number of carbonyl (C=O) groups is 1. The van der Waals surface area contributed by atoms with Crippen LogP contribution in [-0.4, -0.2) is 54.4 Å². The van der Waals surface area contributed by atoms with Gasteiger partial charge in [0, 0.05) is 30.7 Å². The Morgan fingerprint density at radius 1 is 1.09 bits per heavy atom. The van der Waals surface area contributed by atoms with E-state index in [0.717, 1.165) is 42.5 Å². The van der Waals surface area contributed by atoms with Crippen molar-refractivity contribution >= 4 is 5.91 Å². The van der Waals surface area contributed by atoms with Crippen molar-refractivity contribution in [3.63, 3.8) is 0 Å². The molecule has 0 saturated heterocycles. The monoisotopic (exact) mass is 439 g/mol. The molecule has 4 rings (SSSR count). The number of aliphatic hydroxyl groups is 1. The lowest BCUT2D eigenvalue weighted by Gasteiger charge is -2.39. The molecule has 0 spiro atoms. The number of amides is 1. The van der Waals surface area contributed by atoms with Gasteiger partial charge in [-0.25, -0.2) is 0 Å². The number of rotatable bonds is 7. The molecule has 32 heavy (non-hydrogen) atoms. The maximum Gasteiger partial charge on any atom is 0.254 e. The molecule has 0 heterocycles. The molecule has 0 aromatic rings. The van der Waals surface area contributed by atoms with E-state index < -0.39 is 6.10 Å². The largest absolute Gasteiger partial charge is 0.688 e. The molecule has 5 nitrogen and oxygen atoms in total. The molecule has 0 bridgehead atoms. The fraction of sp³-hybridized carbons (Fsp3) is 0.667. The van der Waals surface area contributed by atoms with Crippen molar-refractivity contribution in [2.75, 3.05) is 14.2 Å². The molecule has 2 saturated carbocycles. The lowest BCUT2D eigenvalue weighted by molar-refractivity contribution is -0.132. The average Bonchev–Trinajstić information content (AvgIpc) is 3.38. The average molecular weight is 440 g/mol. The van der Waals surface area contributed by atoms with E-state index >= 15 is 0 Å². The number of methoxy groups -OCH3 is 1. The standard InChI is InChI=1S/C27H39N2O3/c1-28-24-17-16-21(18-25(24)32-2)26(30)19-12-14-20(15-13-19)27(31)29(23-10-6-7-11-23)22-8-4-3-5-9-22/h12,14-17,19,22-23,25-26,30H,3-11,13,18H2,1-2H3/q-1. The van der Waals surface area contributed by atoms with E-state index in [9.17, 15) is 9.90 Å². The van der Waals surface area contributed by atoms with Gasteiger partial charge >= 0.3 is 0 Å². The minimum absolute atomic E-state index is 0.0153. The Labute approximate surface area is 193 Å². The molecule has 5 heteroatoms. The number of ether oxygens (including phenoxy) is 1. The first-order chi connectivity index (χ1) is 15.6. The van der Waals surface area contributed by atoms with Gasteiger partial charge in [0.1, 0.15) is 0 Å². The third kappa shape index (κ3) is 5.04. The lowest BCUT2D eigenvalue weighted by atomic mass is 9.84. The highest BCUT2D eigenvalue weighted by Crippen LogP contribution is 2.35. The van der Waals surface area contributed by atoms with Gasteiger partial charge in [-0.05, 0) is 44.1 Å². The Morgan fingerprint density at radius 3 is 2.31 bits per heavy atom. The molecular weight excluding hydrogens is 400 g/mol. The quantitative estimate of drug-likeness (QED) is 0.594. The van der Waals surface area contributed by atoms with E-state index in [0.29, 0.717) is 24.9 Å². The van der Waals surface area contributed by atoms with E-state index in [1.165, 1.54) is 32.1 Å². The Hall–Kier alpha value is -1.85. The van der Waals surface area contributed by atoms with Crippen LogP contribution in [0.25, 0.3) is 5.32 Å². The molecule has 3 unspecified atom stereocenters. The first-order valence-corrected chi connectivity index (χ1v) is 12.5. The van der Waals surface area contributed by atoms with Gasteiger partial charge in [-0.15, -0.1) is 12.7 Å². The van der Waals surface area contributed by atoms with E-state index in [4.69, 9.17) is 4.74 Å². The molecule has 0 aromatic carbocycles. The number of aliphatic hydroxyl groups excluding tert-OH is 1. The van der Waals surface area contributed by atoms with E-state index in [2.05, 4.69) is 16.3 Å². The molecule has 176 valence electrons. The second kappa shape index (κ2) is 10.8. The van der Waals surface area contributed by atoms with Gasteiger partial charge in [-0.2, -0.15) is 0 Å². The summed E-state index contributed by atoms with van der Waals surface area (Å²) in [6, 6.07) is 0.812. The molecule has 0 radical (unpaired) electrons. The summed E-state index contributed by atoms with van der Waals surface area (Å²) in [7, 11) is 3.45. The predicted molar refractivity (Wildman–Crippen MR) is 128 cm³/mol. The van der Waals surface area contributed by atoms with Crippen LogP contribution in [0.4, 0.5) is 0 Å². The smallest absolute Gasteiger partial charge is 0.254 e. The number of nitrogens with zero attached hydrogens (tertiary/aromatic N) is 2. The molecule has 3 atom stereocenters.